The predicted octanol–water partition coefficient (Wildman–Crippen LogP) is 4.15. The first-order chi connectivity index (χ1) is 14.0. The first kappa shape index (κ1) is 20.8. The van der Waals surface area contributed by atoms with Gasteiger partial charge in [0.1, 0.15) is 22.7 Å². The Labute approximate surface area is 178 Å². The summed E-state index contributed by atoms with van der Waals surface area (Å²) in [6.45, 7) is 3.97. The molecular weight excluding hydrogens is 406 g/mol. The number of hydrogen-bond acceptors (Lipinski definition) is 5. The van der Waals surface area contributed by atoms with Crippen molar-refractivity contribution in [3.8, 4) is 5.75 Å². The highest BCUT2D eigenvalue weighted by Gasteiger charge is 2.40. The summed E-state index contributed by atoms with van der Waals surface area (Å²) in [5.41, 5.74) is 1.53. The highest BCUT2D eigenvalue weighted by atomic mass is 32.2. The van der Waals surface area contributed by atoms with E-state index in [1.54, 1.807) is 18.2 Å². The molecule has 29 heavy (non-hydrogen) atoms. The molecule has 1 atom stereocenters. The molecule has 0 aliphatic carbocycles. The van der Waals surface area contributed by atoms with Crippen molar-refractivity contribution < 1.29 is 19.4 Å². The molecule has 0 saturated carbocycles. The van der Waals surface area contributed by atoms with Crippen LogP contribution in [0.4, 0.5) is 0 Å². The lowest BCUT2D eigenvalue weighted by atomic mass is 10.0. The second kappa shape index (κ2) is 9.54. The largest absolute Gasteiger partial charge is 0.489 e. The molecule has 1 N–H and O–H groups in total. The Morgan fingerprint density at radius 3 is 2.59 bits per heavy atom. The molecule has 0 aromatic heterocycles. The Balaban J connectivity index is 1.88. The van der Waals surface area contributed by atoms with Gasteiger partial charge in [-0.25, -0.2) is 4.79 Å². The van der Waals surface area contributed by atoms with Crippen LogP contribution in [0.2, 0.25) is 0 Å². The van der Waals surface area contributed by atoms with Gasteiger partial charge in [0.15, 0.2) is 0 Å². The zero-order valence-electron chi connectivity index (χ0n) is 15.5. The van der Waals surface area contributed by atoms with Gasteiger partial charge in [-0.15, -0.1) is 0 Å². The molecule has 0 radical (unpaired) electrons. The van der Waals surface area contributed by atoms with Gasteiger partial charge in [-0.1, -0.05) is 85.2 Å². The van der Waals surface area contributed by atoms with Gasteiger partial charge >= 0.3 is 5.97 Å². The molecule has 2 aromatic carbocycles. The van der Waals surface area contributed by atoms with Crippen LogP contribution in [0.3, 0.4) is 0 Å². The van der Waals surface area contributed by atoms with Crippen molar-refractivity contribution >= 4 is 46.3 Å². The van der Waals surface area contributed by atoms with Gasteiger partial charge in [0.2, 0.25) is 0 Å². The summed E-state index contributed by atoms with van der Waals surface area (Å²) in [5.74, 6) is -0.903. The average molecular weight is 426 g/mol. The van der Waals surface area contributed by atoms with Crippen molar-refractivity contribution in [3.05, 3.63) is 83.3 Å². The van der Waals surface area contributed by atoms with Crippen LogP contribution >= 0.6 is 24.0 Å². The lowest BCUT2D eigenvalue weighted by molar-refractivity contribution is -0.145. The Kier molecular flexibility index (Phi) is 6.85. The Bertz CT molecular complexity index is 972. The van der Waals surface area contributed by atoms with Crippen LogP contribution in [0.25, 0.3) is 6.08 Å². The summed E-state index contributed by atoms with van der Waals surface area (Å²) in [6, 6.07) is 15.4. The van der Waals surface area contributed by atoms with E-state index in [2.05, 4.69) is 6.58 Å². The maximum absolute atomic E-state index is 13.0. The highest BCUT2D eigenvalue weighted by molar-refractivity contribution is 8.26. The fourth-order valence-corrected chi connectivity index (χ4v) is 4.24. The number of thioether (sulfide) groups is 1. The maximum Gasteiger partial charge on any atom is 0.327 e. The molecular formula is C22H19NO4S2. The number of carboxylic acids is 1. The molecule has 3 rings (SSSR count). The van der Waals surface area contributed by atoms with Gasteiger partial charge in [-0.2, -0.15) is 0 Å². The summed E-state index contributed by atoms with van der Waals surface area (Å²) < 4.78 is 5.86. The molecule has 1 heterocycles. The average Bonchev–Trinajstić information content (AvgIpc) is 2.99. The molecule has 1 saturated heterocycles. The Morgan fingerprint density at radius 2 is 1.90 bits per heavy atom. The monoisotopic (exact) mass is 425 g/mol. The molecule has 7 heteroatoms. The molecule has 1 aliphatic rings. The summed E-state index contributed by atoms with van der Waals surface area (Å²) in [7, 11) is 0. The number of amides is 1. The molecule has 5 nitrogen and oxygen atoms in total. The lowest BCUT2D eigenvalue weighted by Gasteiger charge is -2.23. The van der Waals surface area contributed by atoms with Crippen LogP contribution in [0.1, 0.15) is 11.1 Å². The topological polar surface area (TPSA) is 66.8 Å². The molecule has 0 bridgehead atoms. The van der Waals surface area contributed by atoms with E-state index in [0.717, 1.165) is 17.3 Å². The second-order valence-electron chi connectivity index (χ2n) is 6.23. The number of benzene rings is 2. The van der Waals surface area contributed by atoms with Gasteiger partial charge in [-0.3, -0.25) is 9.69 Å². The maximum atomic E-state index is 13.0. The number of carboxylic acid groups (broad SMARTS) is 1. The number of carbonyl (C=O) groups excluding carboxylic acids is 1. The van der Waals surface area contributed by atoms with Gasteiger partial charge < -0.3 is 9.84 Å². The molecule has 0 unspecified atom stereocenters. The van der Waals surface area contributed by atoms with E-state index in [9.17, 15) is 14.7 Å². The number of carbonyl (C=O) groups is 2. The third kappa shape index (κ3) is 4.93. The fourth-order valence-electron chi connectivity index (χ4n) is 2.90. The molecule has 2 aromatic rings. The standard InChI is InChI=1S/C22H19NO4S2/c1-2-12-27-18-11-7-6-10-16(18)14-19-20(24)23(22(28)29-19)17(21(25)26)13-15-8-4-3-5-9-15/h2-11,14,17H,1,12-13H2,(H,25,26)/b19-14-/t17-/m0/s1. The van der Waals surface area contributed by atoms with Crippen LogP contribution in [0, 0.1) is 0 Å². The molecule has 1 fully saturated rings. The first-order valence-electron chi connectivity index (χ1n) is 8.87. The van der Waals surface area contributed by atoms with E-state index in [4.69, 9.17) is 17.0 Å². The van der Waals surface area contributed by atoms with Crippen LogP contribution in [-0.4, -0.2) is 38.9 Å². The Hall–Kier alpha value is -2.90. The SMILES string of the molecule is C=CCOc1ccccc1/C=C1\SC(=S)N([C@@H](Cc2ccccc2)C(=O)O)C1=O. The van der Waals surface area contributed by atoms with Crippen molar-refractivity contribution in [2.45, 2.75) is 12.5 Å². The number of nitrogens with zero attached hydrogens (tertiary/aromatic N) is 1. The molecule has 0 spiro atoms. The number of para-hydroxylation sites is 1. The van der Waals surface area contributed by atoms with Crippen LogP contribution in [0.5, 0.6) is 5.75 Å². The van der Waals surface area contributed by atoms with Crippen LogP contribution in [0.15, 0.2) is 72.2 Å². The van der Waals surface area contributed by atoms with Crippen LogP contribution in [-0.2, 0) is 16.0 Å². The molecule has 1 amide bonds. The van der Waals surface area contributed by atoms with Crippen molar-refractivity contribution in [1.29, 1.82) is 0 Å². The van der Waals surface area contributed by atoms with E-state index in [1.807, 2.05) is 48.5 Å². The van der Waals surface area contributed by atoms with Gasteiger partial charge in [-0.05, 0) is 17.7 Å². The number of hydrogen-bond donors (Lipinski definition) is 1. The van der Waals surface area contributed by atoms with E-state index in [1.165, 1.54) is 4.90 Å². The van der Waals surface area contributed by atoms with E-state index in [-0.39, 0.29) is 10.7 Å². The van der Waals surface area contributed by atoms with E-state index < -0.39 is 17.9 Å². The summed E-state index contributed by atoms with van der Waals surface area (Å²) >= 11 is 6.44. The van der Waals surface area contributed by atoms with Gasteiger partial charge in [0, 0.05) is 12.0 Å². The van der Waals surface area contributed by atoms with Crippen molar-refractivity contribution in [1.82, 2.24) is 4.90 Å². The van der Waals surface area contributed by atoms with Crippen molar-refractivity contribution in [3.63, 3.8) is 0 Å². The quantitative estimate of drug-likeness (QED) is 0.389. The first-order valence-corrected chi connectivity index (χ1v) is 10.1. The Morgan fingerprint density at radius 1 is 1.21 bits per heavy atom. The summed E-state index contributed by atoms with van der Waals surface area (Å²) in [5, 5.41) is 9.74. The number of ether oxygens (including phenoxy) is 1. The highest BCUT2D eigenvalue weighted by Crippen LogP contribution is 2.36. The third-order valence-corrected chi connectivity index (χ3v) is 5.58. The third-order valence-electron chi connectivity index (χ3n) is 4.25. The van der Waals surface area contributed by atoms with E-state index >= 15 is 0 Å². The zero-order chi connectivity index (χ0) is 20.8. The van der Waals surface area contributed by atoms with Crippen LogP contribution < -0.4 is 4.74 Å². The van der Waals surface area contributed by atoms with Crippen molar-refractivity contribution in [2.75, 3.05) is 6.61 Å². The smallest absolute Gasteiger partial charge is 0.327 e. The number of aliphatic carboxylic acids is 1. The minimum atomic E-state index is -1.10. The minimum Gasteiger partial charge on any atom is -0.489 e. The fraction of sp³-hybridized carbons (Fsp3) is 0.136. The van der Waals surface area contributed by atoms with Crippen molar-refractivity contribution in [2.24, 2.45) is 0 Å². The summed E-state index contributed by atoms with van der Waals surface area (Å²) in [4.78, 5) is 26.5. The van der Waals surface area contributed by atoms with Gasteiger partial charge in [0.25, 0.3) is 5.91 Å². The minimum absolute atomic E-state index is 0.176. The lowest BCUT2D eigenvalue weighted by Crippen LogP contribution is -2.45. The molecule has 1 aliphatic heterocycles. The normalized spacial score (nSPS) is 16.1. The number of thiocarbonyl (C=S) groups is 1. The molecule has 148 valence electrons. The summed E-state index contributed by atoms with van der Waals surface area (Å²) in [6.07, 6.45) is 3.49. The number of rotatable bonds is 8. The zero-order valence-corrected chi connectivity index (χ0v) is 17.1. The second-order valence-corrected chi connectivity index (χ2v) is 7.91. The van der Waals surface area contributed by atoms with E-state index in [0.29, 0.717) is 22.8 Å². The predicted molar refractivity (Wildman–Crippen MR) is 119 cm³/mol. The van der Waals surface area contributed by atoms with Gasteiger partial charge in [0.05, 0.1) is 4.91 Å².